The van der Waals surface area contributed by atoms with Crippen LogP contribution in [0.25, 0.3) is 90.9 Å². The highest BCUT2D eigenvalue weighted by molar-refractivity contribution is 6.03. The standard InChI is InChI=1S/C80H90N8O28/c89-33-53-61(93)65(97)69(101)77(113-53)109-29-25-81-73(105)41-9-1-37(2-10-41)57-45-17-19-47(85-45)58(38-3-11-42(12-4-38)74(106)82-26-30-110-78-70(102)66(98)62(94)54(34-90)114-78)49-21-23-51(87-49)60(40-7-15-44(16-8-40)76(108)84-28-32-112-80-72(104)68(100)64(96)56(36-92)116-80)52-24-22-50(88-52)59(48-20-18-46(57)86-48)39-5-13-43(14-6-39)75(107)83-27-31-111-79-71(103)67(99)63(95)55(35-91)115-79/h1-24,53-56,61-72,77-80,85-86,89-104H,25-36H2,(H,81,105)(H,82,106)(H,83,107)(H,84,108)/t53-,54-,55-,56-,61-,62-,63-,64-,65+,66+,67+,68+,69-,70-,71-,72-,77-,78-,79-,80-/m1/s1. The highest BCUT2D eigenvalue weighted by atomic mass is 16.7. The summed E-state index contributed by atoms with van der Waals surface area (Å²) in [5.41, 5.74) is 9.34. The number of carbonyl (C=O) groups is 4. The number of amides is 4. The van der Waals surface area contributed by atoms with E-state index >= 15 is 0 Å². The zero-order valence-corrected chi connectivity index (χ0v) is 61.8. The number of H-pyrrole nitrogens is 2. The van der Waals surface area contributed by atoms with Crippen LogP contribution in [0.1, 0.15) is 64.2 Å². The van der Waals surface area contributed by atoms with Gasteiger partial charge in [-0.1, -0.05) is 48.5 Å². The SMILES string of the molecule is O=C(NCCO[C@@H]1O[C@H](CO)[C@@H](O)[C@H](O)[C@H]1O)c1ccc(-c2c3nc(c(-c4ccc(C(=O)NCCO[C@@H]5O[C@H](CO)[C@@H](O)[C@H](O)[C@H]5O)cc4)c4ccc([nH]4)c(-c4ccc(C(=O)NCCO[C@@H]5O[C@H](CO)[C@@H](O)[C@H](O)[C@H]5O)cc4)c4ccc([nH]4)c(-c4ccc(C(=O)NCCO[C@@H]5O[C@H](CO)[C@@H](O)[C@H](O)[C@H]5O)cc4)c4nc2C=C4)C=C3)cc1. The van der Waals surface area contributed by atoms with E-state index in [1.165, 1.54) is 0 Å². The molecule has 0 spiro atoms. The van der Waals surface area contributed by atoms with E-state index < -0.39 is 173 Å². The van der Waals surface area contributed by atoms with E-state index in [-0.39, 0.29) is 74.9 Å². The maximum absolute atomic E-state index is 13.8. The van der Waals surface area contributed by atoms with Crippen LogP contribution in [-0.4, -0.2) is 327 Å². The largest absolute Gasteiger partial charge is 0.394 e. The smallest absolute Gasteiger partial charge is 0.251 e. The molecule has 7 aromatic rings. The molecule has 4 amide bonds. The molecule has 22 N–H and O–H groups in total. The molecule has 116 heavy (non-hydrogen) atoms. The lowest BCUT2D eigenvalue weighted by molar-refractivity contribution is -0.300. The fourth-order valence-electron chi connectivity index (χ4n) is 14.2. The van der Waals surface area contributed by atoms with Crippen molar-refractivity contribution in [3.63, 3.8) is 0 Å². The molecule has 0 unspecified atom stereocenters. The van der Waals surface area contributed by atoms with Crippen molar-refractivity contribution in [1.82, 2.24) is 41.2 Å². The Labute approximate surface area is 660 Å². The van der Waals surface area contributed by atoms with Gasteiger partial charge in [-0.25, -0.2) is 9.97 Å². The van der Waals surface area contributed by atoms with Crippen molar-refractivity contribution >= 4 is 70.0 Å². The Hall–Kier alpha value is -9.60. The second kappa shape index (κ2) is 37.8. The van der Waals surface area contributed by atoms with Crippen molar-refractivity contribution in [3.05, 3.63) is 166 Å². The fourth-order valence-corrected chi connectivity index (χ4v) is 14.2. The maximum Gasteiger partial charge on any atom is 0.251 e. The number of hydrogen-bond donors (Lipinski definition) is 22. The van der Waals surface area contributed by atoms with E-state index in [2.05, 4.69) is 31.2 Å². The van der Waals surface area contributed by atoms with Gasteiger partial charge < -0.3 is 151 Å². The second-order valence-electron chi connectivity index (χ2n) is 28.1. The summed E-state index contributed by atoms with van der Waals surface area (Å²) in [6, 6.07) is 34.2. The molecule has 13 rings (SSSR count). The minimum absolute atomic E-state index is 0.0833. The number of aliphatic hydroxyl groups excluding tert-OH is 16. The molecule has 0 aliphatic carbocycles. The van der Waals surface area contributed by atoms with Crippen molar-refractivity contribution in [1.29, 1.82) is 0 Å². The number of nitrogens with one attached hydrogen (secondary N) is 6. The van der Waals surface area contributed by atoms with Gasteiger partial charge in [0.05, 0.1) is 75.6 Å². The van der Waals surface area contributed by atoms with Gasteiger partial charge in [-0.3, -0.25) is 19.2 Å². The number of aliphatic hydroxyl groups is 16. The van der Waals surface area contributed by atoms with Crippen LogP contribution in [0.3, 0.4) is 0 Å². The van der Waals surface area contributed by atoms with Gasteiger partial charge >= 0.3 is 0 Å². The monoisotopic (exact) mass is 1610 g/mol. The van der Waals surface area contributed by atoms with Gasteiger partial charge in [0.1, 0.15) is 97.7 Å². The van der Waals surface area contributed by atoms with Crippen LogP contribution in [-0.2, 0) is 37.9 Å². The summed E-state index contributed by atoms with van der Waals surface area (Å²) in [5.74, 6) is -2.03. The Morgan fingerprint density at radius 1 is 0.293 bits per heavy atom. The molecule has 0 saturated carbocycles. The zero-order valence-electron chi connectivity index (χ0n) is 61.8. The van der Waals surface area contributed by atoms with Crippen molar-refractivity contribution in [2.75, 3.05) is 79.0 Å². The number of aromatic nitrogens is 4. The number of rotatable bonds is 28. The maximum atomic E-state index is 13.8. The summed E-state index contributed by atoms with van der Waals surface area (Å²) in [4.78, 5) is 73.1. The molecule has 4 saturated heterocycles. The number of benzene rings is 4. The third-order valence-corrected chi connectivity index (χ3v) is 20.6. The summed E-state index contributed by atoms with van der Waals surface area (Å²) in [6.07, 6.45) is -22.9. The first kappa shape index (κ1) is 84.3. The van der Waals surface area contributed by atoms with Gasteiger partial charge in [-0.2, -0.15) is 0 Å². The van der Waals surface area contributed by atoms with E-state index in [4.69, 9.17) is 47.9 Å². The minimum atomic E-state index is -1.67. The predicted molar refractivity (Wildman–Crippen MR) is 409 cm³/mol. The van der Waals surface area contributed by atoms with Crippen LogP contribution < -0.4 is 21.3 Å². The third kappa shape index (κ3) is 18.4. The molecule has 36 heteroatoms. The number of hydrogen-bond acceptors (Lipinski definition) is 30. The van der Waals surface area contributed by atoms with Gasteiger partial charge in [0, 0.05) is 92.8 Å². The number of aromatic amines is 2. The van der Waals surface area contributed by atoms with Gasteiger partial charge in [-0.05, 0) is 119 Å². The third-order valence-electron chi connectivity index (χ3n) is 20.6. The average molecular weight is 1610 g/mol. The first-order chi connectivity index (χ1) is 56.0. The molecule has 3 aromatic heterocycles. The van der Waals surface area contributed by atoms with Crippen molar-refractivity contribution in [2.45, 2.75) is 123 Å². The first-order valence-electron chi connectivity index (χ1n) is 37.4. The van der Waals surface area contributed by atoms with Crippen molar-refractivity contribution in [3.8, 4) is 44.5 Å². The van der Waals surface area contributed by atoms with Gasteiger partial charge in [0.15, 0.2) is 25.2 Å². The molecular formula is C80H90N8O28. The van der Waals surface area contributed by atoms with Crippen LogP contribution >= 0.6 is 0 Å². The van der Waals surface area contributed by atoms with Crippen molar-refractivity contribution in [2.24, 2.45) is 0 Å². The van der Waals surface area contributed by atoms with E-state index in [9.17, 15) is 101 Å². The highest BCUT2D eigenvalue weighted by Crippen LogP contribution is 2.40. The molecule has 618 valence electrons. The molecule has 6 aliphatic rings. The second-order valence-corrected chi connectivity index (χ2v) is 28.1. The molecule has 4 aromatic carbocycles. The van der Waals surface area contributed by atoms with E-state index in [1.54, 1.807) is 109 Å². The summed E-state index contributed by atoms with van der Waals surface area (Å²) in [5, 5.41) is 174. The normalized spacial score (nSPS) is 27.8. The molecule has 8 bridgehead atoms. The average Bonchev–Trinajstić information content (AvgIpc) is 1.61. The molecule has 20 atom stereocenters. The number of nitrogens with zero attached hydrogens (tertiary/aromatic N) is 2. The first-order valence-corrected chi connectivity index (χ1v) is 37.4. The lowest BCUT2D eigenvalue weighted by atomic mass is 9.99. The Morgan fingerprint density at radius 2 is 0.509 bits per heavy atom. The molecular weight excluding hydrogens is 1520 g/mol. The summed E-state index contributed by atoms with van der Waals surface area (Å²) in [6.45, 7) is -3.78. The van der Waals surface area contributed by atoms with E-state index in [0.29, 0.717) is 89.4 Å². The van der Waals surface area contributed by atoms with E-state index in [0.717, 1.165) is 0 Å². The quantitative estimate of drug-likeness (QED) is 0.0226. The summed E-state index contributed by atoms with van der Waals surface area (Å²) in [7, 11) is 0. The Kier molecular flexibility index (Phi) is 27.5. The van der Waals surface area contributed by atoms with Crippen LogP contribution in [0, 0.1) is 0 Å². The number of carbonyl (C=O) groups excluding carboxylic acids is 4. The lowest BCUT2D eigenvalue weighted by Gasteiger charge is -2.39. The Bertz CT molecular complexity index is 4630. The fraction of sp³-hybridized carbons (Fsp3) is 0.400. The van der Waals surface area contributed by atoms with Crippen LogP contribution in [0.4, 0.5) is 0 Å². The van der Waals surface area contributed by atoms with Crippen molar-refractivity contribution < 1.29 is 139 Å². The number of fused-ring (bicyclic) bond motifs is 8. The molecule has 6 aliphatic heterocycles. The molecule has 36 nitrogen and oxygen atoms in total. The van der Waals surface area contributed by atoms with Gasteiger partial charge in [0.25, 0.3) is 23.6 Å². The molecule has 4 fully saturated rings. The Morgan fingerprint density at radius 3 is 0.750 bits per heavy atom. The predicted octanol–water partition coefficient (Wildman–Crippen LogP) is -2.49. The van der Waals surface area contributed by atoms with Crippen LogP contribution in [0.5, 0.6) is 0 Å². The van der Waals surface area contributed by atoms with Gasteiger partial charge in [0.2, 0.25) is 0 Å². The lowest BCUT2D eigenvalue weighted by Crippen LogP contribution is -2.59. The zero-order chi connectivity index (χ0) is 82.2. The highest BCUT2D eigenvalue weighted by Gasteiger charge is 2.48. The number of ether oxygens (including phenoxy) is 8. The Balaban J connectivity index is 0.865. The summed E-state index contributed by atoms with van der Waals surface area (Å²) < 4.78 is 44.1. The molecule has 0 radical (unpaired) electrons. The van der Waals surface area contributed by atoms with Crippen LogP contribution in [0.2, 0.25) is 0 Å². The minimum Gasteiger partial charge on any atom is -0.394 e. The van der Waals surface area contributed by atoms with E-state index in [1.807, 2.05) is 36.4 Å². The van der Waals surface area contributed by atoms with Gasteiger partial charge in [-0.15, -0.1) is 0 Å². The summed E-state index contributed by atoms with van der Waals surface area (Å²) >= 11 is 0. The molecule has 9 heterocycles. The topological polar surface area (TPSA) is 571 Å². The van der Waals surface area contributed by atoms with Crippen LogP contribution in [0.15, 0.2) is 121 Å².